The van der Waals surface area contributed by atoms with Crippen molar-refractivity contribution in [2.75, 3.05) is 54.2 Å². The van der Waals surface area contributed by atoms with Crippen LogP contribution in [0.4, 0.5) is 36.4 Å². The first kappa shape index (κ1) is 32.0. The van der Waals surface area contributed by atoms with Gasteiger partial charge in [0.15, 0.2) is 0 Å². The standard InChI is InChI=1S/C31H36F3N7O4S/c1-4-29(42)40-14-10-26(40)22-5-6-25(41-17-20(19(41)2)18-46(43,44)31(32,33)34)24-16-36-28(15-23(22)24)37-27-7-11-35-30(38-27)39-12-8-21(45-3)9-13-39/h4-7,11,15-16,19-21,26H,1,8-10,12-14,17-18H2,2-3H3,(H,35,36,37,38)/t19-,20-,26-/m1/s1. The summed E-state index contributed by atoms with van der Waals surface area (Å²) < 4.78 is 68.3. The number of pyridine rings is 1. The second kappa shape index (κ2) is 12.3. The Hall–Kier alpha value is -3.98. The third-order valence-electron chi connectivity index (χ3n) is 9.41. The SMILES string of the molecule is C=CC(=O)N1CC[C@@H]1c1ccc(N2C[C@H](CS(=O)(=O)C(F)(F)F)[C@H]2C)c2cnc(Nc3ccnc(N4CCC(OC)CC4)n3)cc12. The average Bonchev–Trinajstić information content (AvgIpc) is 3.02. The number of aromatic nitrogens is 3. The molecule has 246 valence electrons. The minimum Gasteiger partial charge on any atom is -0.381 e. The van der Waals surface area contributed by atoms with Gasteiger partial charge in [0.25, 0.3) is 0 Å². The molecule has 0 spiro atoms. The van der Waals surface area contributed by atoms with Gasteiger partial charge in [-0.05, 0) is 61.4 Å². The zero-order valence-corrected chi connectivity index (χ0v) is 26.4. The van der Waals surface area contributed by atoms with Crippen LogP contribution >= 0.6 is 0 Å². The molecule has 6 rings (SSSR count). The van der Waals surface area contributed by atoms with Crippen LogP contribution in [0, 0.1) is 5.92 Å². The lowest BCUT2D eigenvalue weighted by molar-refractivity contribution is -0.133. The Bertz CT molecular complexity index is 1750. The molecule has 0 saturated carbocycles. The number of methoxy groups -OCH3 is 1. The lowest BCUT2D eigenvalue weighted by atomic mass is 9.87. The van der Waals surface area contributed by atoms with Crippen LogP contribution in [0.3, 0.4) is 0 Å². The van der Waals surface area contributed by atoms with E-state index in [1.54, 1.807) is 37.4 Å². The van der Waals surface area contributed by atoms with E-state index < -0.39 is 33.1 Å². The summed E-state index contributed by atoms with van der Waals surface area (Å²) >= 11 is 0. The molecule has 15 heteroatoms. The molecule has 0 unspecified atom stereocenters. The molecular formula is C31H36F3N7O4S. The number of alkyl halides is 3. The van der Waals surface area contributed by atoms with E-state index in [1.807, 2.05) is 23.1 Å². The molecule has 3 atom stereocenters. The van der Waals surface area contributed by atoms with Gasteiger partial charge >= 0.3 is 5.51 Å². The number of nitrogens with zero attached hydrogens (tertiary/aromatic N) is 6. The van der Waals surface area contributed by atoms with E-state index in [0.717, 1.165) is 54.4 Å². The first-order chi connectivity index (χ1) is 21.9. The summed E-state index contributed by atoms with van der Waals surface area (Å²) in [6.07, 6.45) is 7.42. The van der Waals surface area contributed by atoms with Crippen molar-refractivity contribution in [2.45, 2.75) is 49.9 Å². The summed E-state index contributed by atoms with van der Waals surface area (Å²) in [5, 5.41) is 4.84. The van der Waals surface area contributed by atoms with Gasteiger partial charge in [-0.3, -0.25) is 4.79 Å². The highest BCUT2D eigenvalue weighted by atomic mass is 32.2. The first-order valence-corrected chi connectivity index (χ1v) is 16.8. The van der Waals surface area contributed by atoms with Gasteiger partial charge in [-0.15, -0.1) is 0 Å². The summed E-state index contributed by atoms with van der Waals surface area (Å²) in [7, 11) is -3.51. The number of nitrogens with one attached hydrogen (secondary N) is 1. The Morgan fingerprint density at radius 3 is 2.50 bits per heavy atom. The number of carbonyl (C=O) groups is 1. The van der Waals surface area contributed by atoms with Gasteiger partial charge in [0.05, 0.1) is 17.9 Å². The van der Waals surface area contributed by atoms with Gasteiger partial charge in [-0.2, -0.15) is 18.2 Å². The van der Waals surface area contributed by atoms with Crippen molar-refractivity contribution in [3.8, 4) is 0 Å². The van der Waals surface area contributed by atoms with Gasteiger partial charge in [0.2, 0.25) is 21.7 Å². The van der Waals surface area contributed by atoms with Crippen LogP contribution in [-0.2, 0) is 19.4 Å². The number of rotatable bonds is 9. The predicted octanol–water partition coefficient (Wildman–Crippen LogP) is 4.60. The number of piperidine rings is 1. The Kier molecular flexibility index (Phi) is 8.57. The molecule has 3 fully saturated rings. The van der Waals surface area contributed by atoms with Gasteiger partial charge < -0.3 is 24.8 Å². The number of carbonyl (C=O) groups excluding carboxylic acids is 1. The van der Waals surface area contributed by atoms with Crippen molar-refractivity contribution in [3.05, 3.63) is 54.9 Å². The van der Waals surface area contributed by atoms with E-state index in [9.17, 15) is 26.4 Å². The molecule has 1 amide bonds. The number of hydrogen-bond acceptors (Lipinski definition) is 10. The lowest BCUT2D eigenvalue weighted by Gasteiger charge is -2.48. The minimum atomic E-state index is -5.28. The molecule has 0 radical (unpaired) electrons. The average molecular weight is 660 g/mol. The summed E-state index contributed by atoms with van der Waals surface area (Å²) in [4.78, 5) is 32.1. The maximum Gasteiger partial charge on any atom is 0.497 e. The molecular weight excluding hydrogens is 623 g/mol. The quantitative estimate of drug-likeness (QED) is 0.327. The number of halogens is 3. The summed E-state index contributed by atoms with van der Waals surface area (Å²) in [5.74, 6) is -0.127. The van der Waals surface area contributed by atoms with E-state index in [-0.39, 0.29) is 24.6 Å². The van der Waals surface area contributed by atoms with Crippen molar-refractivity contribution in [1.82, 2.24) is 19.9 Å². The van der Waals surface area contributed by atoms with Crippen molar-refractivity contribution in [3.63, 3.8) is 0 Å². The number of benzene rings is 1. The Morgan fingerprint density at radius 1 is 1.11 bits per heavy atom. The third kappa shape index (κ3) is 5.97. The van der Waals surface area contributed by atoms with Crippen molar-refractivity contribution < 1.29 is 31.1 Å². The second-order valence-electron chi connectivity index (χ2n) is 12.0. The zero-order chi connectivity index (χ0) is 32.8. The van der Waals surface area contributed by atoms with Gasteiger partial charge in [-0.1, -0.05) is 12.6 Å². The van der Waals surface area contributed by atoms with E-state index in [4.69, 9.17) is 9.72 Å². The largest absolute Gasteiger partial charge is 0.497 e. The molecule has 11 nitrogen and oxygen atoms in total. The minimum absolute atomic E-state index is 0.154. The monoisotopic (exact) mass is 659 g/mol. The molecule has 0 bridgehead atoms. The third-order valence-corrected chi connectivity index (χ3v) is 11.0. The molecule has 1 aromatic carbocycles. The normalized spacial score (nSPS) is 22.4. The summed E-state index contributed by atoms with van der Waals surface area (Å²) in [6.45, 7) is 7.66. The molecule has 1 N–H and O–H groups in total. The smallest absolute Gasteiger partial charge is 0.381 e. The van der Waals surface area contributed by atoms with Crippen LogP contribution in [0.25, 0.3) is 10.8 Å². The Balaban J connectivity index is 1.30. The number of anilines is 4. The first-order valence-electron chi connectivity index (χ1n) is 15.2. The van der Waals surface area contributed by atoms with Crippen molar-refractivity contribution in [2.24, 2.45) is 5.92 Å². The number of hydrogen-bond donors (Lipinski definition) is 1. The molecule has 3 aliphatic rings. The predicted molar refractivity (Wildman–Crippen MR) is 169 cm³/mol. The van der Waals surface area contributed by atoms with E-state index >= 15 is 0 Å². The molecule has 3 saturated heterocycles. The molecule has 5 heterocycles. The van der Waals surface area contributed by atoms with Crippen molar-refractivity contribution >= 4 is 49.8 Å². The van der Waals surface area contributed by atoms with Gasteiger partial charge in [0, 0.05) is 68.7 Å². The number of ether oxygens (including phenoxy) is 1. The number of fused-ring (bicyclic) bond motifs is 1. The van der Waals surface area contributed by atoms with Crippen LogP contribution < -0.4 is 15.1 Å². The Labute approximate surface area is 265 Å². The summed E-state index contributed by atoms with van der Waals surface area (Å²) in [5.41, 5.74) is -3.65. The molecule has 0 aliphatic carbocycles. The van der Waals surface area contributed by atoms with Gasteiger partial charge in [0.1, 0.15) is 11.6 Å². The van der Waals surface area contributed by atoms with Crippen LogP contribution in [-0.4, -0.2) is 90.9 Å². The fraction of sp³-hybridized carbons (Fsp3) is 0.484. The van der Waals surface area contributed by atoms with Crippen molar-refractivity contribution in [1.29, 1.82) is 0 Å². The highest BCUT2D eigenvalue weighted by molar-refractivity contribution is 7.92. The highest BCUT2D eigenvalue weighted by Crippen LogP contribution is 2.43. The number of amides is 1. The van der Waals surface area contributed by atoms with E-state index in [2.05, 4.69) is 26.8 Å². The molecule has 3 aliphatic heterocycles. The van der Waals surface area contributed by atoms with Crippen LogP contribution in [0.15, 0.2) is 49.3 Å². The second-order valence-corrected chi connectivity index (χ2v) is 14.0. The molecule has 3 aromatic rings. The van der Waals surface area contributed by atoms with E-state index in [1.165, 1.54) is 6.08 Å². The van der Waals surface area contributed by atoms with E-state index in [0.29, 0.717) is 24.1 Å². The number of likely N-dealkylation sites (tertiary alicyclic amines) is 1. The fourth-order valence-corrected chi connectivity index (χ4v) is 7.65. The topological polar surface area (TPSA) is 121 Å². The maximum absolute atomic E-state index is 13.1. The number of sulfone groups is 1. The molecule has 2 aromatic heterocycles. The fourth-order valence-electron chi connectivity index (χ4n) is 6.51. The Morgan fingerprint density at radius 2 is 1.87 bits per heavy atom. The highest BCUT2D eigenvalue weighted by Gasteiger charge is 2.50. The summed E-state index contributed by atoms with van der Waals surface area (Å²) in [6, 6.07) is 6.80. The zero-order valence-electron chi connectivity index (χ0n) is 25.6. The molecule has 46 heavy (non-hydrogen) atoms. The maximum atomic E-state index is 13.1. The van der Waals surface area contributed by atoms with Crippen LogP contribution in [0.5, 0.6) is 0 Å². The lowest BCUT2D eigenvalue weighted by Crippen LogP contribution is -2.58. The van der Waals surface area contributed by atoms with Crippen LogP contribution in [0.1, 0.15) is 37.8 Å². The van der Waals surface area contributed by atoms with Gasteiger partial charge in [-0.25, -0.2) is 18.4 Å². The van der Waals surface area contributed by atoms with Crippen LogP contribution in [0.2, 0.25) is 0 Å².